The van der Waals surface area contributed by atoms with E-state index in [9.17, 15) is 9.18 Å². The third kappa shape index (κ3) is 3.05. The Bertz CT molecular complexity index is 397. The van der Waals surface area contributed by atoms with Crippen molar-refractivity contribution in [2.24, 2.45) is 5.92 Å². The van der Waals surface area contributed by atoms with E-state index >= 15 is 0 Å². The van der Waals surface area contributed by atoms with Gasteiger partial charge in [-0.15, -0.1) is 0 Å². The number of hydrogen-bond donors (Lipinski definition) is 0. The number of hydrogen-bond acceptors (Lipinski definition) is 2. The molecule has 0 N–H and O–H groups in total. The topological polar surface area (TPSA) is 26.3 Å². The van der Waals surface area contributed by atoms with Crippen molar-refractivity contribution in [1.82, 2.24) is 0 Å². The van der Waals surface area contributed by atoms with Crippen molar-refractivity contribution in [2.45, 2.75) is 32.1 Å². The molecule has 0 unspecified atom stereocenters. The van der Waals surface area contributed by atoms with Crippen molar-refractivity contribution in [3.8, 4) is 0 Å². The highest BCUT2D eigenvalue weighted by atomic mass is 19.1. The predicted molar refractivity (Wildman–Crippen MR) is 63.1 cm³/mol. The van der Waals surface area contributed by atoms with Crippen LogP contribution in [-0.4, -0.2) is 12.6 Å². The first-order valence-corrected chi connectivity index (χ1v) is 6.10. The van der Waals surface area contributed by atoms with E-state index < -0.39 is 0 Å². The summed E-state index contributed by atoms with van der Waals surface area (Å²) in [5.41, 5.74) is 1.05. The Balaban J connectivity index is 1.81. The van der Waals surface area contributed by atoms with Gasteiger partial charge in [0.25, 0.3) is 0 Å². The van der Waals surface area contributed by atoms with E-state index in [2.05, 4.69) is 0 Å². The van der Waals surface area contributed by atoms with Crippen LogP contribution in [0.2, 0.25) is 0 Å². The van der Waals surface area contributed by atoms with E-state index in [0.29, 0.717) is 24.9 Å². The summed E-state index contributed by atoms with van der Waals surface area (Å²) < 4.78 is 17.9. The lowest BCUT2D eigenvalue weighted by Gasteiger charge is -2.35. The second kappa shape index (κ2) is 5.30. The van der Waals surface area contributed by atoms with Crippen molar-refractivity contribution >= 4 is 5.97 Å². The smallest absolute Gasteiger partial charge is 0.306 e. The predicted octanol–water partition coefficient (Wildman–Crippen LogP) is 3.27. The number of halogens is 1. The normalized spacial score (nSPS) is 22.9. The molecule has 0 amide bonds. The zero-order valence-corrected chi connectivity index (χ0v) is 9.99. The molecule has 0 atom stereocenters. The maximum atomic E-state index is 13.0. The molecule has 1 saturated carbocycles. The zero-order valence-electron chi connectivity index (χ0n) is 9.99. The molecule has 1 aliphatic carbocycles. The summed E-state index contributed by atoms with van der Waals surface area (Å²) in [4.78, 5) is 11.3. The average molecular weight is 236 g/mol. The van der Waals surface area contributed by atoms with Gasteiger partial charge >= 0.3 is 5.97 Å². The van der Waals surface area contributed by atoms with Crippen LogP contribution < -0.4 is 0 Å². The van der Waals surface area contributed by atoms with Crippen molar-refractivity contribution in [3.63, 3.8) is 0 Å². The van der Waals surface area contributed by atoms with Gasteiger partial charge in [0.15, 0.2) is 0 Å². The zero-order chi connectivity index (χ0) is 12.3. The lowest BCUT2D eigenvalue weighted by molar-refractivity contribution is -0.145. The van der Waals surface area contributed by atoms with Crippen molar-refractivity contribution in [2.75, 3.05) is 6.61 Å². The van der Waals surface area contributed by atoms with Crippen molar-refractivity contribution in [1.29, 1.82) is 0 Å². The van der Waals surface area contributed by atoms with E-state index in [4.69, 9.17) is 4.74 Å². The van der Waals surface area contributed by atoms with Gasteiger partial charge in [0.05, 0.1) is 6.61 Å². The maximum absolute atomic E-state index is 13.0. The lowest BCUT2D eigenvalue weighted by Crippen LogP contribution is -2.25. The Hall–Kier alpha value is -1.38. The Morgan fingerprint density at radius 1 is 1.47 bits per heavy atom. The van der Waals surface area contributed by atoms with E-state index in [1.54, 1.807) is 12.1 Å². The molecule has 92 valence electrons. The molecule has 0 heterocycles. The molecular weight excluding hydrogens is 219 g/mol. The molecule has 1 aliphatic rings. The molecule has 1 fully saturated rings. The van der Waals surface area contributed by atoms with E-state index in [1.807, 2.05) is 13.0 Å². The second-order valence-corrected chi connectivity index (χ2v) is 4.60. The molecule has 0 spiro atoms. The van der Waals surface area contributed by atoms with Gasteiger partial charge in [-0.2, -0.15) is 0 Å². The van der Waals surface area contributed by atoms with Crippen LogP contribution in [-0.2, 0) is 9.53 Å². The van der Waals surface area contributed by atoms with Crippen LogP contribution in [0.5, 0.6) is 0 Å². The number of carbonyl (C=O) groups is 1. The van der Waals surface area contributed by atoms with E-state index in [1.165, 1.54) is 6.07 Å². The van der Waals surface area contributed by atoms with Crippen molar-refractivity contribution < 1.29 is 13.9 Å². The third-order valence-corrected chi connectivity index (χ3v) is 3.32. The van der Waals surface area contributed by atoms with Gasteiger partial charge in [-0.25, -0.2) is 4.39 Å². The summed E-state index contributed by atoms with van der Waals surface area (Å²) in [5, 5.41) is 0. The fourth-order valence-corrected chi connectivity index (χ4v) is 2.39. The molecule has 17 heavy (non-hydrogen) atoms. The highest BCUT2D eigenvalue weighted by Crippen LogP contribution is 2.43. The van der Waals surface area contributed by atoms with Crippen LogP contribution in [0.3, 0.4) is 0 Å². The summed E-state index contributed by atoms with van der Waals surface area (Å²) >= 11 is 0. The Kier molecular flexibility index (Phi) is 3.77. The van der Waals surface area contributed by atoms with Gasteiger partial charge in [0.1, 0.15) is 5.82 Å². The van der Waals surface area contributed by atoms with Crippen LogP contribution in [0.25, 0.3) is 0 Å². The quantitative estimate of drug-likeness (QED) is 0.750. The first kappa shape index (κ1) is 12.1. The number of rotatable bonds is 4. The molecule has 2 nitrogen and oxygen atoms in total. The van der Waals surface area contributed by atoms with Gasteiger partial charge in [-0.3, -0.25) is 4.79 Å². The van der Waals surface area contributed by atoms with Crippen LogP contribution >= 0.6 is 0 Å². The standard InChI is InChI=1S/C14H17FO2/c1-2-17-14(16)8-10-6-12(7-10)11-4-3-5-13(15)9-11/h3-5,9-10,12H,2,6-8H2,1H3. The van der Waals surface area contributed by atoms with Gasteiger partial charge in [-0.1, -0.05) is 12.1 Å². The Morgan fingerprint density at radius 3 is 2.88 bits per heavy atom. The van der Waals surface area contributed by atoms with E-state index in [-0.39, 0.29) is 11.8 Å². The first-order valence-electron chi connectivity index (χ1n) is 6.10. The molecule has 3 heteroatoms. The fourth-order valence-electron chi connectivity index (χ4n) is 2.39. The minimum Gasteiger partial charge on any atom is -0.466 e. The Labute approximate surface area is 101 Å². The highest BCUT2D eigenvalue weighted by Gasteiger charge is 2.32. The first-order chi connectivity index (χ1) is 8.19. The fraction of sp³-hybridized carbons (Fsp3) is 0.500. The highest BCUT2D eigenvalue weighted by molar-refractivity contribution is 5.69. The molecule has 2 rings (SSSR count). The largest absolute Gasteiger partial charge is 0.466 e. The average Bonchev–Trinajstić information content (AvgIpc) is 2.23. The van der Waals surface area contributed by atoms with Crippen LogP contribution in [0.1, 0.15) is 37.7 Å². The van der Waals surface area contributed by atoms with E-state index in [0.717, 1.165) is 18.4 Å². The Morgan fingerprint density at radius 2 is 2.24 bits per heavy atom. The minimum absolute atomic E-state index is 0.116. The molecule has 1 aromatic rings. The van der Waals surface area contributed by atoms with Gasteiger partial charge in [-0.05, 0) is 49.3 Å². The minimum atomic E-state index is -0.184. The molecule has 0 bridgehead atoms. The third-order valence-electron chi connectivity index (χ3n) is 3.32. The summed E-state index contributed by atoms with van der Waals surface area (Å²) in [6.07, 6.45) is 2.42. The molecule has 0 radical (unpaired) electrons. The lowest BCUT2D eigenvalue weighted by atomic mass is 9.70. The molecule has 0 saturated heterocycles. The second-order valence-electron chi connectivity index (χ2n) is 4.60. The summed E-state index contributed by atoms with van der Waals surface area (Å²) in [7, 11) is 0. The number of ether oxygens (including phenoxy) is 1. The maximum Gasteiger partial charge on any atom is 0.306 e. The monoisotopic (exact) mass is 236 g/mol. The van der Waals surface area contributed by atoms with Crippen molar-refractivity contribution in [3.05, 3.63) is 35.6 Å². The van der Waals surface area contributed by atoms with Gasteiger partial charge in [0, 0.05) is 6.42 Å². The summed E-state index contributed by atoms with van der Waals surface area (Å²) in [6, 6.07) is 6.74. The molecule has 1 aromatic carbocycles. The van der Waals surface area contributed by atoms with Crippen LogP contribution in [0, 0.1) is 11.7 Å². The van der Waals surface area contributed by atoms with Gasteiger partial charge < -0.3 is 4.74 Å². The number of carbonyl (C=O) groups excluding carboxylic acids is 1. The molecular formula is C14H17FO2. The van der Waals surface area contributed by atoms with Gasteiger partial charge in [0.2, 0.25) is 0 Å². The number of benzene rings is 1. The molecule has 0 aliphatic heterocycles. The van der Waals surface area contributed by atoms with Crippen LogP contribution in [0.15, 0.2) is 24.3 Å². The number of esters is 1. The summed E-state index contributed by atoms with van der Waals surface area (Å²) in [5.74, 6) is 0.513. The summed E-state index contributed by atoms with van der Waals surface area (Å²) in [6.45, 7) is 2.26. The van der Waals surface area contributed by atoms with Crippen LogP contribution in [0.4, 0.5) is 4.39 Å². The molecule has 0 aromatic heterocycles. The SMILES string of the molecule is CCOC(=O)CC1CC(c2cccc(F)c2)C1.